The van der Waals surface area contributed by atoms with Crippen molar-refractivity contribution in [1.29, 1.82) is 0 Å². The van der Waals surface area contributed by atoms with Crippen molar-refractivity contribution in [2.24, 2.45) is 5.92 Å². The molecule has 26 heavy (non-hydrogen) atoms. The van der Waals surface area contributed by atoms with Crippen LogP contribution in [0.25, 0.3) is 0 Å². The van der Waals surface area contributed by atoms with E-state index >= 15 is 0 Å². The first-order chi connectivity index (χ1) is 12.5. The molecule has 0 N–H and O–H groups in total. The van der Waals surface area contributed by atoms with Gasteiger partial charge in [0, 0.05) is 36.8 Å². The smallest absolute Gasteiger partial charge is 0.253 e. The summed E-state index contributed by atoms with van der Waals surface area (Å²) in [6.07, 6.45) is 1.81. The fourth-order valence-corrected chi connectivity index (χ4v) is 5.89. The van der Waals surface area contributed by atoms with Crippen LogP contribution in [-0.2, 0) is 9.84 Å². The van der Waals surface area contributed by atoms with Gasteiger partial charge >= 0.3 is 0 Å². The third kappa shape index (κ3) is 3.19. The molecule has 2 aliphatic heterocycles. The number of aromatic nitrogens is 1. The van der Waals surface area contributed by atoms with Gasteiger partial charge in [-0.1, -0.05) is 24.3 Å². The molecule has 0 saturated carbocycles. The zero-order chi connectivity index (χ0) is 18.1. The van der Waals surface area contributed by atoms with Crippen molar-refractivity contribution in [3.8, 4) is 5.88 Å². The number of sulfone groups is 1. The summed E-state index contributed by atoms with van der Waals surface area (Å²) in [4.78, 5) is 18.6. The summed E-state index contributed by atoms with van der Waals surface area (Å²) in [7, 11) is -3.23. The minimum Gasteiger partial charge on any atom is -0.474 e. The highest BCUT2D eigenvalue weighted by Crippen LogP contribution is 2.35. The quantitative estimate of drug-likeness (QED) is 0.821. The zero-order valence-corrected chi connectivity index (χ0v) is 15.0. The van der Waals surface area contributed by atoms with Crippen molar-refractivity contribution in [3.63, 3.8) is 0 Å². The largest absolute Gasteiger partial charge is 0.474 e. The van der Waals surface area contributed by atoms with Gasteiger partial charge < -0.3 is 9.64 Å². The molecule has 136 valence electrons. The Morgan fingerprint density at radius 1 is 1.08 bits per heavy atom. The lowest BCUT2D eigenvalue weighted by Crippen LogP contribution is -2.46. The van der Waals surface area contributed by atoms with E-state index in [9.17, 15) is 13.2 Å². The van der Waals surface area contributed by atoms with Gasteiger partial charge in [-0.15, -0.1) is 0 Å². The highest BCUT2D eigenvalue weighted by Gasteiger charge is 2.50. The monoisotopic (exact) mass is 372 g/mol. The van der Waals surface area contributed by atoms with Crippen molar-refractivity contribution in [2.75, 3.05) is 18.8 Å². The van der Waals surface area contributed by atoms with Crippen LogP contribution in [0.2, 0.25) is 0 Å². The van der Waals surface area contributed by atoms with Gasteiger partial charge in [-0.05, 0) is 24.6 Å². The van der Waals surface area contributed by atoms with Gasteiger partial charge in [-0.25, -0.2) is 13.4 Å². The van der Waals surface area contributed by atoms with E-state index in [1.54, 1.807) is 47.5 Å². The van der Waals surface area contributed by atoms with Gasteiger partial charge in [-0.2, -0.15) is 0 Å². The molecule has 2 saturated heterocycles. The molecule has 2 aliphatic rings. The molecule has 0 aliphatic carbocycles. The minimum atomic E-state index is -3.23. The maximum absolute atomic E-state index is 12.7. The summed E-state index contributed by atoms with van der Waals surface area (Å²) in [5.74, 6) is 0.206. The van der Waals surface area contributed by atoms with Crippen molar-refractivity contribution >= 4 is 15.7 Å². The second kappa shape index (κ2) is 6.72. The molecule has 1 aromatic carbocycles. The van der Waals surface area contributed by atoms with E-state index in [4.69, 9.17) is 4.74 Å². The van der Waals surface area contributed by atoms with Gasteiger partial charge in [0.15, 0.2) is 9.84 Å². The fourth-order valence-electron chi connectivity index (χ4n) is 3.83. The number of hydrogen-bond donors (Lipinski definition) is 0. The van der Waals surface area contributed by atoms with Crippen LogP contribution in [0.4, 0.5) is 0 Å². The average molecular weight is 372 g/mol. The number of benzene rings is 1. The Balaban J connectivity index is 1.56. The first-order valence-corrected chi connectivity index (χ1v) is 10.4. The standard InChI is InChI=1S/C19H20N2O4S/c22-19(14-6-2-1-3-7-14)21-12-15-16(25-18-8-4-5-10-20-18)9-11-26(23,24)17(15)13-21/h1-8,10,15-17H,9,11-13H2/t15-,16-,17-/m1/s1. The van der Waals surface area contributed by atoms with Gasteiger partial charge in [0.25, 0.3) is 5.91 Å². The molecule has 3 heterocycles. The third-order valence-corrected chi connectivity index (χ3v) is 7.38. The molecule has 2 fully saturated rings. The Morgan fingerprint density at radius 2 is 1.85 bits per heavy atom. The third-order valence-electron chi connectivity index (χ3n) is 5.15. The molecular weight excluding hydrogens is 352 g/mol. The predicted octanol–water partition coefficient (Wildman–Crippen LogP) is 1.79. The van der Waals surface area contributed by atoms with Gasteiger partial charge in [0.1, 0.15) is 6.10 Å². The number of hydrogen-bond acceptors (Lipinski definition) is 5. The predicted molar refractivity (Wildman–Crippen MR) is 96.7 cm³/mol. The van der Waals surface area contributed by atoms with Gasteiger partial charge in [0.05, 0.1) is 11.0 Å². The molecule has 0 bridgehead atoms. The molecule has 0 spiro atoms. The molecule has 4 rings (SSSR count). The number of amides is 1. The highest BCUT2D eigenvalue weighted by molar-refractivity contribution is 7.92. The average Bonchev–Trinajstić information content (AvgIpc) is 3.12. The number of rotatable bonds is 3. The van der Waals surface area contributed by atoms with E-state index in [0.29, 0.717) is 24.4 Å². The number of ether oxygens (including phenoxy) is 1. The summed E-state index contributed by atoms with van der Waals surface area (Å²) in [6, 6.07) is 14.4. The number of carbonyl (C=O) groups is 1. The Kier molecular flexibility index (Phi) is 4.40. The summed E-state index contributed by atoms with van der Waals surface area (Å²) >= 11 is 0. The first kappa shape index (κ1) is 17.0. The summed E-state index contributed by atoms with van der Waals surface area (Å²) in [6.45, 7) is 0.609. The maximum Gasteiger partial charge on any atom is 0.253 e. The van der Waals surface area contributed by atoms with Gasteiger partial charge in [-0.3, -0.25) is 4.79 Å². The number of fused-ring (bicyclic) bond motifs is 1. The van der Waals surface area contributed by atoms with Crippen LogP contribution in [0.15, 0.2) is 54.7 Å². The van der Waals surface area contributed by atoms with E-state index in [0.717, 1.165) is 0 Å². The maximum atomic E-state index is 12.7. The molecular formula is C19H20N2O4S. The Labute approximate surface area is 152 Å². The van der Waals surface area contributed by atoms with Crippen molar-refractivity contribution < 1.29 is 17.9 Å². The van der Waals surface area contributed by atoms with E-state index in [2.05, 4.69) is 4.98 Å². The second-order valence-corrected chi connectivity index (χ2v) is 9.10. The molecule has 6 nitrogen and oxygen atoms in total. The van der Waals surface area contributed by atoms with E-state index in [1.165, 1.54) is 0 Å². The normalized spacial score (nSPS) is 26.9. The van der Waals surface area contributed by atoms with Crippen LogP contribution < -0.4 is 4.74 Å². The highest BCUT2D eigenvalue weighted by atomic mass is 32.2. The Bertz CT molecular complexity index is 886. The molecule has 3 atom stereocenters. The first-order valence-electron chi connectivity index (χ1n) is 8.68. The Hall–Kier alpha value is -2.41. The lowest BCUT2D eigenvalue weighted by molar-refractivity contribution is 0.0760. The van der Waals surface area contributed by atoms with Crippen LogP contribution in [0.5, 0.6) is 5.88 Å². The topological polar surface area (TPSA) is 76.6 Å². The second-order valence-electron chi connectivity index (χ2n) is 6.76. The molecule has 0 radical (unpaired) electrons. The van der Waals surface area contributed by atoms with Crippen LogP contribution in [0.3, 0.4) is 0 Å². The molecule has 0 unspecified atom stereocenters. The fraction of sp³-hybridized carbons (Fsp3) is 0.368. The van der Waals surface area contributed by atoms with Gasteiger partial charge in [0.2, 0.25) is 5.88 Å². The zero-order valence-electron chi connectivity index (χ0n) is 14.2. The lowest BCUT2D eigenvalue weighted by Gasteiger charge is -2.32. The Morgan fingerprint density at radius 3 is 2.58 bits per heavy atom. The van der Waals surface area contributed by atoms with E-state index in [1.807, 2.05) is 12.1 Å². The molecule has 1 aromatic heterocycles. The van der Waals surface area contributed by atoms with Crippen LogP contribution in [-0.4, -0.2) is 54.4 Å². The van der Waals surface area contributed by atoms with Crippen LogP contribution in [0, 0.1) is 5.92 Å². The molecule has 2 aromatic rings. The summed E-state index contributed by atoms with van der Waals surface area (Å²) in [5, 5.41) is -0.572. The summed E-state index contributed by atoms with van der Waals surface area (Å²) < 4.78 is 31.1. The SMILES string of the molecule is O=C(c1ccccc1)N1C[C@H]2[C@@H](C1)S(=O)(=O)CC[C@H]2Oc1ccccn1. The van der Waals surface area contributed by atoms with E-state index < -0.39 is 15.1 Å². The summed E-state index contributed by atoms with van der Waals surface area (Å²) in [5.41, 5.74) is 0.575. The number of pyridine rings is 1. The number of nitrogens with zero attached hydrogens (tertiary/aromatic N) is 2. The number of carbonyl (C=O) groups excluding carboxylic acids is 1. The number of likely N-dealkylation sites (tertiary alicyclic amines) is 1. The molecule has 7 heteroatoms. The van der Waals surface area contributed by atoms with Crippen LogP contribution in [0.1, 0.15) is 16.8 Å². The van der Waals surface area contributed by atoms with Crippen molar-refractivity contribution in [1.82, 2.24) is 9.88 Å². The van der Waals surface area contributed by atoms with Crippen molar-refractivity contribution in [2.45, 2.75) is 17.8 Å². The molecule has 1 amide bonds. The van der Waals surface area contributed by atoms with Crippen LogP contribution >= 0.6 is 0 Å². The van der Waals surface area contributed by atoms with Crippen molar-refractivity contribution in [3.05, 3.63) is 60.3 Å². The lowest BCUT2D eigenvalue weighted by atomic mass is 9.98. The minimum absolute atomic E-state index is 0.0824. The van der Waals surface area contributed by atoms with E-state index in [-0.39, 0.29) is 30.2 Å².